The van der Waals surface area contributed by atoms with Gasteiger partial charge in [-0.05, 0) is 63.5 Å². The van der Waals surface area contributed by atoms with Crippen molar-refractivity contribution in [2.75, 3.05) is 12.9 Å². The zero-order valence-electron chi connectivity index (χ0n) is 14.3. The Balaban J connectivity index is 1.99. The van der Waals surface area contributed by atoms with Gasteiger partial charge in [0.15, 0.2) is 3.90 Å². The molecule has 0 spiro atoms. The van der Waals surface area contributed by atoms with Gasteiger partial charge in [0, 0.05) is 16.5 Å². The lowest BCUT2D eigenvalue weighted by atomic mass is 10.0. The van der Waals surface area contributed by atoms with Crippen LogP contribution in [0.25, 0.3) is 5.70 Å². The van der Waals surface area contributed by atoms with Crippen LogP contribution in [-0.2, 0) is 0 Å². The Labute approximate surface area is 172 Å². The second kappa shape index (κ2) is 8.53. The van der Waals surface area contributed by atoms with Crippen molar-refractivity contribution in [1.29, 1.82) is 0 Å². The first-order valence-corrected chi connectivity index (χ1v) is 10.3. The minimum atomic E-state index is -0.533. The maximum absolute atomic E-state index is 6.44. The number of thioether (sulfide) groups is 1. The van der Waals surface area contributed by atoms with Gasteiger partial charge in [0.1, 0.15) is 5.75 Å². The van der Waals surface area contributed by atoms with Gasteiger partial charge >= 0.3 is 0 Å². The molecule has 0 radical (unpaired) electrons. The van der Waals surface area contributed by atoms with Gasteiger partial charge in [0.2, 0.25) is 0 Å². The Kier molecular flexibility index (Phi) is 6.35. The number of alkyl halides is 1. The van der Waals surface area contributed by atoms with Crippen LogP contribution in [0.5, 0.6) is 5.75 Å². The number of halogens is 2. The molecular weight excluding hydrogens is 432 g/mol. The molecule has 3 nitrogen and oxygen atoms in total. The molecule has 0 saturated carbocycles. The predicted octanol–water partition coefficient (Wildman–Crippen LogP) is 5.55. The van der Waals surface area contributed by atoms with Crippen LogP contribution in [-0.4, -0.2) is 16.8 Å². The van der Waals surface area contributed by atoms with E-state index in [4.69, 9.17) is 16.3 Å². The lowest BCUT2D eigenvalue weighted by Crippen LogP contribution is -2.52. The van der Waals surface area contributed by atoms with Crippen molar-refractivity contribution < 1.29 is 4.74 Å². The topological polar surface area (TPSA) is 33.3 Å². The molecule has 0 aromatic heterocycles. The van der Waals surface area contributed by atoms with Gasteiger partial charge in [-0.3, -0.25) is 5.32 Å². The van der Waals surface area contributed by atoms with Crippen molar-refractivity contribution in [1.82, 2.24) is 10.6 Å². The van der Waals surface area contributed by atoms with E-state index in [2.05, 4.69) is 39.2 Å². The summed E-state index contributed by atoms with van der Waals surface area (Å²) in [6.45, 7) is 3.82. The van der Waals surface area contributed by atoms with Crippen LogP contribution >= 0.6 is 39.3 Å². The molecule has 26 heavy (non-hydrogen) atoms. The minimum absolute atomic E-state index is 0.0428. The molecule has 1 aliphatic heterocycles. The molecule has 0 saturated heterocycles. The maximum Gasteiger partial charge on any atom is 0.195 e. The molecule has 3 rings (SSSR count). The Morgan fingerprint density at radius 3 is 2.65 bits per heavy atom. The van der Waals surface area contributed by atoms with Crippen molar-refractivity contribution >= 4 is 45.0 Å². The summed E-state index contributed by atoms with van der Waals surface area (Å²) in [5, 5.41) is 7.85. The highest BCUT2D eigenvalue weighted by atomic mass is 79.9. The summed E-state index contributed by atoms with van der Waals surface area (Å²) in [6.07, 6.45) is 4.03. The van der Waals surface area contributed by atoms with Crippen LogP contribution in [0.15, 0.2) is 67.3 Å². The quantitative estimate of drug-likeness (QED) is 0.343. The third-order valence-corrected chi connectivity index (χ3v) is 6.49. The Hall–Kier alpha value is -1.40. The molecule has 2 unspecified atom stereocenters. The van der Waals surface area contributed by atoms with Crippen molar-refractivity contribution in [3.05, 3.63) is 83.4 Å². The molecule has 136 valence electrons. The van der Waals surface area contributed by atoms with Gasteiger partial charge in [-0.2, -0.15) is 0 Å². The Morgan fingerprint density at radius 1 is 1.27 bits per heavy atom. The molecule has 2 atom stereocenters. The molecule has 0 aliphatic carbocycles. The van der Waals surface area contributed by atoms with Gasteiger partial charge in [-0.1, -0.05) is 35.9 Å². The fraction of sp³-hybridized carbons (Fsp3) is 0.200. The average Bonchev–Trinajstić information content (AvgIpc) is 2.66. The lowest BCUT2D eigenvalue weighted by molar-refractivity contribution is 0.414. The van der Waals surface area contributed by atoms with E-state index in [1.54, 1.807) is 18.9 Å². The van der Waals surface area contributed by atoms with Crippen LogP contribution in [0.3, 0.4) is 0 Å². The van der Waals surface area contributed by atoms with E-state index in [-0.39, 0.29) is 6.04 Å². The molecule has 0 amide bonds. The first kappa shape index (κ1) is 19.4. The van der Waals surface area contributed by atoms with E-state index in [1.165, 1.54) is 0 Å². The van der Waals surface area contributed by atoms with Crippen molar-refractivity contribution in [2.24, 2.45) is 0 Å². The van der Waals surface area contributed by atoms with Gasteiger partial charge in [-0.15, -0.1) is 18.3 Å². The van der Waals surface area contributed by atoms with E-state index in [0.717, 1.165) is 33.3 Å². The number of hydrogen-bond donors (Lipinski definition) is 2. The number of rotatable bonds is 6. The molecule has 2 N–H and O–H groups in total. The normalized spacial score (nSPS) is 22.3. The molecule has 2 aromatic rings. The highest BCUT2D eigenvalue weighted by Gasteiger charge is 2.35. The molecular formula is C20H20BrClN2OS. The Bertz CT molecular complexity index is 812. The fourth-order valence-electron chi connectivity index (χ4n) is 2.74. The van der Waals surface area contributed by atoms with E-state index >= 15 is 0 Å². The Morgan fingerprint density at radius 2 is 2.00 bits per heavy atom. The van der Waals surface area contributed by atoms with Crippen LogP contribution in [0.4, 0.5) is 0 Å². The van der Waals surface area contributed by atoms with E-state index < -0.39 is 3.90 Å². The number of ether oxygens (including phenoxy) is 1. The standard InChI is InChI=1S/C20H20BrClN2OS/c1-3-12-26-20(21)23-18(14-8-10-15(25-2)11-9-14)13-19(24-20)16-6-4-5-7-17(16)22/h3-11,13,19,23-24H,1,12H2,2H3. The number of hydrogen-bond acceptors (Lipinski definition) is 4. The fourth-order valence-corrected chi connectivity index (χ4v) is 4.59. The highest BCUT2D eigenvalue weighted by Crippen LogP contribution is 2.39. The van der Waals surface area contributed by atoms with Gasteiger partial charge < -0.3 is 10.1 Å². The molecule has 1 aliphatic rings. The average molecular weight is 452 g/mol. The summed E-state index contributed by atoms with van der Waals surface area (Å²) in [6, 6.07) is 15.8. The lowest BCUT2D eigenvalue weighted by Gasteiger charge is -2.39. The first-order chi connectivity index (χ1) is 12.5. The van der Waals surface area contributed by atoms with E-state index in [9.17, 15) is 0 Å². The zero-order chi connectivity index (χ0) is 18.6. The third-order valence-electron chi connectivity index (χ3n) is 4.01. The predicted molar refractivity (Wildman–Crippen MR) is 116 cm³/mol. The van der Waals surface area contributed by atoms with Crippen LogP contribution in [0, 0.1) is 0 Å². The third kappa shape index (κ3) is 4.46. The molecule has 0 fully saturated rings. The van der Waals surface area contributed by atoms with Crippen molar-refractivity contribution in [2.45, 2.75) is 9.95 Å². The summed E-state index contributed by atoms with van der Waals surface area (Å²) in [4.78, 5) is 0. The second-order valence-corrected chi connectivity index (χ2v) is 9.13. The van der Waals surface area contributed by atoms with Gasteiger partial charge in [0.25, 0.3) is 0 Å². The summed E-state index contributed by atoms with van der Waals surface area (Å²) in [7, 11) is 1.67. The van der Waals surface area contributed by atoms with E-state index in [0.29, 0.717) is 0 Å². The largest absolute Gasteiger partial charge is 0.497 e. The van der Waals surface area contributed by atoms with Crippen LogP contribution < -0.4 is 15.4 Å². The number of methoxy groups -OCH3 is 1. The summed E-state index contributed by atoms with van der Waals surface area (Å²) in [5.41, 5.74) is 3.13. The summed E-state index contributed by atoms with van der Waals surface area (Å²) >= 11 is 11.9. The minimum Gasteiger partial charge on any atom is -0.497 e. The molecule has 2 aromatic carbocycles. The van der Waals surface area contributed by atoms with E-state index in [1.807, 2.05) is 54.6 Å². The summed E-state index contributed by atoms with van der Waals surface area (Å²) < 4.78 is 4.73. The maximum atomic E-state index is 6.44. The summed E-state index contributed by atoms with van der Waals surface area (Å²) in [5.74, 6) is 1.62. The molecule has 0 bridgehead atoms. The first-order valence-electron chi connectivity index (χ1n) is 8.15. The smallest absolute Gasteiger partial charge is 0.195 e. The molecule has 1 heterocycles. The molecule has 6 heteroatoms. The highest BCUT2D eigenvalue weighted by molar-refractivity contribution is 9.11. The zero-order valence-corrected chi connectivity index (χ0v) is 17.5. The van der Waals surface area contributed by atoms with Gasteiger partial charge in [0.05, 0.1) is 13.2 Å². The van der Waals surface area contributed by atoms with Crippen LogP contribution in [0.2, 0.25) is 5.02 Å². The van der Waals surface area contributed by atoms with Crippen LogP contribution in [0.1, 0.15) is 17.2 Å². The van der Waals surface area contributed by atoms with Crippen molar-refractivity contribution in [3.63, 3.8) is 0 Å². The monoisotopic (exact) mass is 450 g/mol. The SMILES string of the molecule is C=CCSC1(Br)NC(c2ccc(OC)cc2)=CC(c2ccccc2Cl)N1. The second-order valence-electron chi connectivity index (χ2n) is 5.77. The number of nitrogens with one attached hydrogen (secondary N) is 2. The van der Waals surface area contributed by atoms with Gasteiger partial charge in [-0.25, -0.2) is 0 Å². The van der Waals surface area contributed by atoms with Crippen molar-refractivity contribution in [3.8, 4) is 5.75 Å². The number of benzene rings is 2.